The molecule has 1 rings (SSSR count). The Labute approximate surface area is 88.5 Å². The smallest absolute Gasteiger partial charge is 0.151 e. The van der Waals surface area contributed by atoms with Crippen LogP contribution >= 0.6 is 22.6 Å². The van der Waals surface area contributed by atoms with E-state index in [0.717, 1.165) is 0 Å². The number of aliphatic hydroxyl groups is 4. The van der Waals surface area contributed by atoms with Crippen molar-refractivity contribution in [3.63, 3.8) is 0 Å². The molecular weight excluding hydrogens is 291 g/mol. The highest BCUT2D eigenvalue weighted by molar-refractivity contribution is 14.1. The molecule has 0 aromatic heterocycles. The van der Waals surface area contributed by atoms with Gasteiger partial charge >= 0.3 is 0 Å². The van der Waals surface area contributed by atoms with E-state index in [1.54, 1.807) is 28.7 Å². The van der Waals surface area contributed by atoms with E-state index in [4.69, 9.17) is 9.84 Å². The van der Waals surface area contributed by atoms with Gasteiger partial charge in [0.1, 0.15) is 28.5 Å². The Balaban J connectivity index is 2.74. The highest BCUT2D eigenvalue weighted by Gasteiger charge is 2.41. The molecule has 0 saturated carbocycles. The summed E-state index contributed by atoms with van der Waals surface area (Å²) in [4.78, 5) is 0. The van der Waals surface area contributed by atoms with Gasteiger partial charge in [-0.3, -0.25) is 0 Å². The van der Waals surface area contributed by atoms with Gasteiger partial charge < -0.3 is 25.2 Å². The number of alkyl halides is 1. The lowest BCUT2D eigenvalue weighted by molar-refractivity contribution is -0.177. The van der Waals surface area contributed by atoms with Gasteiger partial charge in [0.15, 0.2) is 6.10 Å². The van der Waals surface area contributed by atoms with Crippen LogP contribution in [-0.4, -0.2) is 49.0 Å². The van der Waals surface area contributed by atoms with Gasteiger partial charge in [0, 0.05) is 0 Å². The van der Waals surface area contributed by atoms with Crippen molar-refractivity contribution in [2.24, 2.45) is 0 Å². The summed E-state index contributed by atoms with van der Waals surface area (Å²) in [6, 6.07) is 0. The molecule has 0 amide bonds. The van der Waals surface area contributed by atoms with E-state index in [1.165, 1.54) is 0 Å². The summed E-state index contributed by atoms with van der Waals surface area (Å²) >= 11 is 1.77. The molecule has 1 unspecified atom stereocenters. The summed E-state index contributed by atoms with van der Waals surface area (Å²) < 4.78 is 4.36. The molecule has 1 aliphatic rings. The van der Waals surface area contributed by atoms with Crippen molar-refractivity contribution in [3.05, 3.63) is 0 Å². The van der Waals surface area contributed by atoms with E-state index in [0.29, 0.717) is 0 Å². The Kier molecular flexibility index (Phi) is 3.75. The van der Waals surface area contributed by atoms with Crippen LogP contribution in [0.5, 0.6) is 0 Å². The molecule has 74 valence electrons. The summed E-state index contributed by atoms with van der Waals surface area (Å²) in [6.45, 7) is 0. The van der Waals surface area contributed by atoms with E-state index in [-0.39, 0.29) is 0 Å². The fourth-order valence-electron chi connectivity index (χ4n) is 1.02. The van der Waals surface area contributed by atoms with Gasteiger partial charge in [0.2, 0.25) is 0 Å². The third-order valence-corrected chi connectivity index (χ3v) is 2.79. The number of hydrogen-bond acceptors (Lipinski definition) is 5. The molecule has 4 N–H and O–H groups in total. The normalized spacial score (nSPS) is 45.1. The van der Waals surface area contributed by atoms with Gasteiger partial charge in [-0.1, -0.05) is 0 Å². The zero-order valence-corrected chi connectivity index (χ0v) is 8.62. The van der Waals surface area contributed by atoms with Gasteiger partial charge in [0.05, 0.1) is 0 Å². The molecule has 0 bridgehead atoms. The monoisotopic (exact) mass is 300 g/mol. The average molecular weight is 300 g/mol. The minimum atomic E-state index is -1.30. The number of ether oxygens (including phenoxy) is 1. The molecular formula is C7H9IO5. The SMILES string of the molecule is OC#C[C@H]1OC(I)[C@H](O)[C@@H](O)[C@H]1O. The maximum atomic E-state index is 9.30. The molecule has 0 aliphatic carbocycles. The molecule has 5 nitrogen and oxygen atoms in total. The Bertz CT molecular complexity index is 235. The van der Waals surface area contributed by atoms with Crippen LogP contribution in [0.2, 0.25) is 0 Å². The van der Waals surface area contributed by atoms with Crippen LogP contribution in [-0.2, 0) is 4.74 Å². The highest BCUT2D eigenvalue weighted by Crippen LogP contribution is 2.24. The van der Waals surface area contributed by atoms with E-state index < -0.39 is 28.5 Å². The van der Waals surface area contributed by atoms with E-state index in [2.05, 4.69) is 5.92 Å². The summed E-state index contributed by atoms with van der Waals surface area (Å²) in [7, 11) is 0. The first kappa shape index (κ1) is 11.0. The van der Waals surface area contributed by atoms with Gasteiger partial charge in [-0.15, -0.1) is 0 Å². The Morgan fingerprint density at radius 1 is 1.08 bits per heavy atom. The Morgan fingerprint density at radius 2 is 1.69 bits per heavy atom. The lowest BCUT2D eigenvalue weighted by atomic mass is 10.0. The molecule has 0 radical (unpaired) electrons. The lowest BCUT2D eigenvalue weighted by Gasteiger charge is -2.35. The molecule has 1 fully saturated rings. The van der Waals surface area contributed by atoms with Crippen molar-refractivity contribution in [2.75, 3.05) is 0 Å². The predicted octanol–water partition coefficient (Wildman–Crippen LogP) is -1.44. The molecule has 1 aliphatic heterocycles. The first-order valence-corrected chi connectivity index (χ1v) is 4.81. The first-order chi connectivity index (χ1) is 6.07. The molecule has 0 spiro atoms. The van der Waals surface area contributed by atoms with Crippen molar-refractivity contribution in [2.45, 2.75) is 28.5 Å². The summed E-state index contributed by atoms with van der Waals surface area (Å²) in [5.74, 6) is 2.17. The topological polar surface area (TPSA) is 90.2 Å². The fraction of sp³-hybridized carbons (Fsp3) is 0.714. The fourth-order valence-corrected chi connectivity index (χ4v) is 1.76. The summed E-state index contributed by atoms with van der Waals surface area (Å²) in [5.41, 5.74) is 0. The summed E-state index contributed by atoms with van der Waals surface area (Å²) in [6.07, 6.45) is -3.13. The molecule has 1 heterocycles. The third kappa shape index (κ3) is 2.24. The summed E-state index contributed by atoms with van der Waals surface area (Å²) in [5, 5.41) is 36.1. The van der Waals surface area contributed by atoms with Crippen LogP contribution in [0.3, 0.4) is 0 Å². The van der Waals surface area contributed by atoms with E-state index in [1.807, 2.05) is 0 Å². The number of rotatable bonds is 0. The Hall–Kier alpha value is -0.0700. The van der Waals surface area contributed by atoms with Crippen LogP contribution in [0.1, 0.15) is 0 Å². The van der Waals surface area contributed by atoms with Gasteiger partial charge in [0.25, 0.3) is 0 Å². The highest BCUT2D eigenvalue weighted by atomic mass is 127. The second kappa shape index (κ2) is 4.43. The largest absolute Gasteiger partial charge is 0.462 e. The van der Waals surface area contributed by atoms with Gasteiger partial charge in [-0.25, -0.2) is 0 Å². The Morgan fingerprint density at radius 3 is 2.23 bits per heavy atom. The number of hydrogen-bond donors (Lipinski definition) is 4. The van der Waals surface area contributed by atoms with Crippen molar-refractivity contribution in [3.8, 4) is 12.0 Å². The lowest BCUT2D eigenvalue weighted by Crippen LogP contribution is -2.55. The van der Waals surface area contributed by atoms with Crippen molar-refractivity contribution in [1.29, 1.82) is 0 Å². The average Bonchev–Trinajstić information content (AvgIpc) is 2.11. The van der Waals surface area contributed by atoms with Gasteiger partial charge in [-0.2, -0.15) is 0 Å². The first-order valence-electron chi connectivity index (χ1n) is 3.56. The molecule has 6 heteroatoms. The van der Waals surface area contributed by atoms with Crippen LogP contribution in [0.15, 0.2) is 0 Å². The second-order valence-electron chi connectivity index (χ2n) is 2.64. The van der Waals surface area contributed by atoms with Gasteiger partial charge in [-0.05, 0) is 28.5 Å². The zero-order valence-electron chi connectivity index (χ0n) is 6.46. The number of halogens is 1. The molecule has 1 saturated heterocycles. The number of aliphatic hydroxyl groups excluding tert-OH is 4. The van der Waals surface area contributed by atoms with Crippen LogP contribution in [0.4, 0.5) is 0 Å². The minimum Gasteiger partial charge on any atom is -0.462 e. The van der Waals surface area contributed by atoms with Crippen LogP contribution < -0.4 is 0 Å². The third-order valence-electron chi connectivity index (χ3n) is 1.76. The quantitative estimate of drug-likeness (QED) is 0.250. The van der Waals surface area contributed by atoms with E-state index in [9.17, 15) is 15.3 Å². The molecule has 5 atom stereocenters. The molecule has 0 aromatic rings. The minimum absolute atomic E-state index is 0.651. The standard InChI is InChI=1S/C7H9IO5/c8-7-6(12)5(11)4(10)3(13-7)1-2-9/h3-7,9-12H/t3-,4+,5+,6-,7?/m1/s1. The van der Waals surface area contributed by atoms with Crippen molar-refractivity contribution in [1.82, 2.24) is 0 Å². The maximum absolute atomic E-state index is 9.30. The van der Waals surface area contributed by atoms with Crippen LogP contribution in [0, 0.1) is 12.0 Å². The predicted molar refractivity (Wildman–Crippen MR) is 50.4 cm³/mol. The maximum Gasteiger partial charge on any atom is 0.151 e. The van der Waals surface area contributed by atoms with Crippen molar-refractivity contribution < 1.29 is 25.2 Å². The second-order valence-corrected chi connectivity index (χ2v) is 3.86. The molecule has 13 heavy (non-hydrogen) atoms. The molecule has 0 aromatic carbocycles. The van der Waals surface area contributed by atoms with Crippen LogP contribution in [0.25, 0.3) is 0 Å². The van der Waals surface area contributed by atoms with Crippen molar-refractivity contribution >= 4 is 22.6 Å². The van der Waals surface area contributed by atoms with E-state index >= 15 is 0 Å². The zero-order chi connectivity index (χ0) is 10.0.